The van der Waals surface area contributed by atoms with Gasteiger partial charge >= 0.3 is 5.97 Å². The lowest BCUT2D eigenvalue weighted by molar-refractivity contribution is -0.147. The highest BCUT2D eigenvalue weighted by Gasteiger charge is 2.28. The van der Waals surface area contributed by atoms with Crippen molar-refractivity contribution >= 4 is 29.8 Å². The van der Waals surface area contributed by atoms with Gasteiger partial charge in [-0.15, -0.1) is 0 Å². The topological polar surface area (TPSA) is 137 Å². The van der Waals surface area contributed by atoms with E-state index in [-0.39, 0.29) is 36.7 Å². The van der Waals surface area contributed by atoms with E-state index >= 15 is 0 Å². The summed E-state index contributed by atoms with van der Waals surface area (Å²) >= 11 is 0. The first kappa shape index (κ1) is 17.3. The average molecular weight is 354 g/mol. The predicted molar refractivity (Wildman–Crippen MR) is 93.8 cm³/mol. The number of anilines is 2. The molecule has 3 rings (SSSR count). The number of hydrogen-bond acceptors (Lipinski definition) is 8. The largest absolute Gasteiger partial charge is 0.457 e. The smallest absolute Gasteiger partial charge is 0.308 e. The number of amides is 1. The second-order valence-corrected chi connectivity index (χ2v) is 5.72. The molecule has 134 valence electrons. The summed E-state index contributed by atoms with van der Waals surface area (Å²) in [5.41, 5.74) is 12.8. The van der Waals surface area contributed by atoms with Crippen LogP contribution in [0.1, 0.15) is 36.3 Å². The third kappa shape index (κ3) is 3.77. The van der Waals surface area contributed by atoms with Gasteiger partial charge in [0.15, 0.2) is 12.4 Å². The van der Waals surface area contributed by atoms with Crippen molar-refractivity contribution in [2.24, 2.45) is 0 Å². The lowest BCUT2D eigenvalue weighted by Gasteiger charge is -2.32. The molecule has 0 bridgehead atoms. The minimum Gasteiger partial charge on any atom is -0.457 e. The summed E-state index contributed by atoms with van der Waals surface area (Å²) < 4.78 is 5.22. The van der Waals surface area contributed by atoms with Crippen LogP contribution in [0.4, 0.5) is 11.9 Å². The summed E-state index contributed by atoms with van der Waals surface area (Å²) in [5, 5.41) is 0. The summed E-state index contributed by atoms with van der Waals surface area (Å²) in [7, 11) is 0. The van der Waals surface area contributed by atoms with Crippen LogP contribution in [-0.2, 0) is 20.9 Å². The fraction of sp³-hybridized carbons (Fsp3) is 0.235. The molecule has 1 aromatic heterocycles. The molecule has 2 heterocycles. The maximum atomic E-state index is 12.3. The zero-order valence-corrected chi connectivity index (χ0v) is 14.1. The van der Waals surface area contributed by atoms with Crippen LogP contribution in [-0.4, -0.2) is 31.7 Å². The van der Waals surface area contributed by atoms with Crippen LogP contribution >= 0.6 is 0 Å². The van der Waals surface area contributed by atoms with Crippen LogP contribution in [0.2, 0.25) is 0 Å². The van der Waals surface area contributed by atoms with E-state index < -0.39 is 12.0 Å². The third-order valence-electron chi connectivity index (χ3n) is 3.91. The monoisotopic (exact) mass is 354 g/mol. The van der Waals surface area contributed by atoms with Gasteiger partial charge in [0, 0.05) is 13.1 Å². The summed E-state index contributed by atoms with van der Waals surface area (Å²) in [6.45, 7) is 1.27. The lowest BCUT2D eigenvalue weighted by atomic mass is 9.94. The number of carbonyl (C=O) groups is 2. The zero-order valence-electron chi connectivity index (χ0n) is 14.1. The van der Waals surface area contributed by atoms with Crippen molar-refractivity contribution in [2.45, 2.75) is 26.0 Å². The molecule has 1 aliphatic heterocycles. The molecule has 1 unspecified atom stereocenters. The van der Waals surface area contributed by atoms with Crippen LogP contribution in [0, 0.1) is 0 Å². The molecule has 0 saturated carbocycles. The molecule has 1 atom stereocenters. The van der Waals surface area contributed by atoms with Gasteiger partial charge in [-0.2, -0.15) is 15.0 Å². The summed E-state index contributed by atoms with van der Waals surface area (Å²) in [6.07, 6.45) is 3.52. The van der Waals surface area contributed by atoms with Gasteiger partial charge in [0.25, 0.3) is 0 Å². The molecule has 4 N–H and O–H groups in total. The number of nitrogens with two attached hydrogens (primary N) is 2. The number of nitrogens with zero attached hydrogens (tertiary/aromatic N) is 4. The highest BCUT2D eigenvalue weighted by atomic mass is 16.5. The fourth-order valence-electron chi connectivity index (χ4n) is 2.80. The Hall–Kier alpha value is -3.49. The van der Waals surface area contributed by atoms with Crippen molar-refractivity contribution in [1.29, 1.82) is 0 Å². The Bertz CT molecular complexity index is 862. The first-order valence-electron chi connectivity index (χ1n) is 7.91. The van der Waals surface area contributed by atoms with Crippen LogP contribution in [0.3, 0.4) is 0 Å². The molecule has 9 nitrogen and oxygen atoms in total. The minimum absolute atomic E-state index is 0.00299. The Morgan fingerprint density at radius 2 is 1.85 bits per heavy atom. The number of aromatic nitrogens is 3. The molecule has 0 fully saturated rings. The Labute approximate surface area is 149 Å². The summed E-state index contributed by atoms with van der Waals surface area (Å²) in [5.74, 6) is -0.582. The lowest BCUT2D eigenvalue weighted by Crippen LogP contribution is -2.32. The van der Waals surface area contributed by atoms with Crippen molar-refractivity contribution in [3.8, 4) is 0 Å². The second kappa shape index (κ2) is 7.18. The molecule has 0 radical (unpaired) electrons. The zero-order chi connectivity index (χ0) is 18.7. The molecule has 0 spiro atoms. The van der Waals surface area contributed by atoms with E-state index in [1.54, 1.807) is 6.20 Å². The number of ether oxygens (including phenoxy) is 1. The highest BCUT2D eigenvalue weighted by molar-refractivity contribution is 5.80. The van der Waals surface area contributed by atoms with E-state index in [9.17, 15) is 9.59 Å². The van der Waals surface area contributed by atoms with E-state index in [1.807, 2.05) is 30.3 Å². The van der Waals surface area contributed by atoms with E-state index in [2.05, 4.69) is 15.0 Å². The van der Waals surface area contributed by atoms with Crippen LogP contribution in [0.15, 0.2) is 30.5 Å². The van der Waals surface area contributed by atoms with Crippen molar-refractivity contribution < 1.29 is 14.3 Å². The van der Waals surface area contributed by atoms with Gasteiger partial charge in [-0.05, 0) is 17.2 Å². The maximum absolute atomic E-state index is 12.3. The van der Waals surface area contributed by atoms with Gasteiger partial charge in [-0.3, -0.25) is 9.59 Å². The first-order valence-corrected chi connectivity index (χ1v) is 7.91. The number of nitrogen functional groups attached to an aromatic ring is 2. The molecule has 9 heteroatoms. The summed E-state index contributed by atoms with van der Waals surface area (Å²) in [6, 6.07) is 7.15. The second-order valence-electron chi connectivity index (χ2n) is 5.72. The van der Waals surface area contributed by atoms with Crippen LogP contribution < -0.4 is 11.5 Å². The molecule has 26 heavy (non-hydrogen) atoms. The quantitative estimate of drug-likeness (QED) is 0.777. The third-order valence-corrected chi connectivity index (χ3v) is 3.91. The van der Waals surface area contributed by atoms with Gasteiger partial charge in [0.1, 0.15) is 0 Å². The normalized spacial score (nSPS) is 15.4. The fourth-order valence-corrected chi connectivity index (χ4v) is 2.80. The molecule has 2 aromatic rings. The molecule has 1 amide bonds. The van der Waals surface area contributed by atoms with E-state index in [0.717, 1.165) is 11.1 Å². The van der Waals surface area contributed by atoms with Gasteiger partial charge < -0.3 is 21.1 Å². The molecule has 0 aliphatic carbocycles. The van der Waals surface area contributed by atoms with Gasteiger partial charge in [0.05, 0.1) is 12.5 Å². The van der Waals surface area contributed by atoms with Gasteiger partial charge in [-0.25, -0.2) is 0 Å². The minimum atomic E-state index is -0.496. The Kier molecular flexibility index (Phi) is 4.78. The molecule has 0 saturated heterocycles. The number of rotatable bonds is 4. The van der Waals surface area contributed by atoms with Crippen molar-refractivity contribution in [2.75, 3.05) is 11.5 Å². The van der Waals surface area contributed by atoms with E-state index in [4.69, 9.17) is 16.2 Å². The van der Waals surface area contributed by atoms with Crippen molar-refractivity contribution in [1.82, 2.24) is 19.9 Å². The van der Waals surface area contributed by atoms with Gasteiger partial charge in [-0.1, -0.05) is 24.3 Å². The van der Waals surface area contributed by atoms with E-state index in [0.29, 0.717) is 0 Å². The molecular formula is C17H18N6O3. The van der Waals surface area contributed by atoms with Crippen LogP contribution in [0.5, 0.6) is 0 Å². The molecular weight excluding hydrogens is 336 g/mol. The standard InChI is InChI=1S/C17H18N6O3/c1-10(24)23-7-6-11-4-2-3-5-12(11)13(23)8-15(25)26-9-14-20-16(18)22-17(19)21-14/h2-7,13H,8-9H2,1H3,(H4,18,19,20,21,22). The number of hydrogen-bond donors (Lipinski definition) is 2. The molecule has 1 aliphatic rings. The number of fused-ring (bicyclic) bond motifs is 1. The molecule has 1 aromatic carbocycles. The van der Waals surface area contributed by atoms with Gasteiger partial charge in [0.2, 0.25) is 17.8 Å². The highest BCUT2D eigenvalue weighted by Crippen LogP contribution is 2.33. The predicted octanol–water partition coefficient (Wildman–Crippen LogP) is 1.04. The maximum Gasteiger partial charge on any atom is 0.308 e. The van der Waals surface area contributed by atoms with Crippen LogP contribution in [0.25, 0.3) is 6.08 Å². The number of benzene rings is 1. The Morgan fingerprint density at radius 3 is 2.54 bits per heavy atom. The Balaban J connectivity index is 1.72. The first-order chi connectivity index (χ1) is 12.4. The number of carbonyl (C=O) groups excluding carboxylic acids is 2. The van der Waals surface area contributed by atoms with Crippen molar-refractivity contribution in [3.05, 3.63) is 47.4 Å². The van der Waals surface area contributed by atoms with Crippen molar-refractivity contribution in [3.63, 3.8) is 0 Å². The van der Waals surface area contributed by atoms with E-state index in [1.165, 1.54) is 11.8 Å². The number of esters is 1. The Morgan fingerprint density at radius 1 is 1.15 bits per heavy atom. The average Bonchev–Trinajstić information content (AvgIpc) is 2.59. The SMILES string of the molecule is CC(=O)N1C=Cc2ccccc2C1CC(=O)OCc1nc(N)nc(N)n1. The summed E-state index contributed by atoms with van der Waals surface area (Å²) in [4.78, 5) is 37.1.